The van der Waals surface area contributed by atoms with Crippen LogP contribution < -0.4 is 10.2 Å². The molecule has 0 spiro atoms. The average Bonchev–Trinajstić information content (AvgIpc) is 2.98. The van der Waals surface area contributed by atoms with Gasteiger partial charge in [-0.05, 0) is 43.5 Å². The van der Waals surface area contributed by atoms with E-state index in [2.05, 4.69) is 5.32 Å². The lowest BCUT2D eigenvalue weighted by Gasteiger charge is -2.19. The molecule has 0 radical (unpaired) electrons. The molecule has 1 fully saturated rings. The fraction of sp³-hybridized carbons (Fsp3) is 0.278. The third-order valence-electron chi connectivity index (χ3n) is 4.30. The van der Waals surface area contributed by atoms with Gasteiger partial charge in [0.2, 0.25) is 5.91 Å². The van der Waals surface area contributed by atoms with Crippen molar-refractivity contribution in [2.45, 2.75) is 17.4 Å². The van der Waals surface area contributed by atoms with Gasteiger partial charge in [-0.25, -0.2) is 8.78 Å². The smallest absolute Gasteiger partial charge is 0.244 e. The highest BCUT2D eigenvalue weighted by Gasteiger charge is 2.33. The van der Waals surface area contributed by atoms with E-state index in [0.717, 1.165) is 4.90 Å². The minimum Gasteiger partial charge on any atom is -0.309 e. The molecule has 1 N–H and O–H groups in total. The number of benzene rings is 2. The van der Waals surface area contributed by atoms with Crippen LogP contribution in [-0.2, 0) is 4.79 Å². The predicted octanol–water partition coefficient (Wildman–Crippen LogP) is 3.68. The normalized spacial score (nSPS) is 17.6. The molecular weight excluding hydrogens is 330 g/mol. The highest BCUT2D eigenvalue weighted by molar-refractivity contribution is 7.98. The summed E-state index contributed by atoms with van der Waals surface area (Å²) in [6.45, 7) is 0.376. The number of anilines is 1. The average molecular weight is 348 g/mol. The van der Waals surface area contributed by atoms with Crippen molar-refractivity contribution in [3.8, 4) is 11.1 Å². The zero-order valence-electron chi connectivity index (χ0n) is 13.5. The summed E-state index contributed by atoms with van der Waals surface area (Å²) in [6, 6.07) is 9.97. The second-order valence-electron chi connectivity index (χ2n) is 5.58. The van der Waals surface area contributed by atoms with Crippen molar-refractivity contribution >= 4 is 23.4 Å². The SMILES string of the molecule is CNC1CCN(c2ccc(-c3ccccc3SC)c(F)c2F)C1=O. The summed E-state index contributed by atoms with van der Waals surface area (Å²) in [5.74, 6) is -2.13. The molecule has 126 valence electrons. The van der Waals surface area contributed by atoms with Crippen LogP contribution in [0.2, 0.25) is 0 Å². The van der Waals surface area contributed by atoms with E-state index in [1.54, 1.807) is 25.2 Å². The number of hydrogen-bond acceptors (Lipinski definition) is 3. The van der Waals surface area contributed by atoms with Crippen molar-refractivity contribution in [3.05, 3.63) is 48.0 Å². The van der Waals surface area contributed by atoms with Crippen LogP contribution in [0, 0.1) is 11.6 Å². The first kappa shape index (κ1) is 16.9. The van der Waals surface area contributed by atoms with E-state index in [9.17, 15) is 13.6 Å². The van der Waals surface area contributed by atoms with Crippen LogP contribution in [-0.4, -0.2) is 31.8 Å². The lowest BCUT2D eigenvalue weighted by atomic mass is 10.0. The van der Waals surface area contributed by atoms with Crippen LogP contribution in [0.15, 0.2) is 41.3 Å². The summed E-state index contributed by atoms with van der Waals surface area (Å²) in [4.78, 5) is 14.4. The number of hydrogen-bond donors (Lipinski definition) is 1. The first-order valence-electron chi connectivity index (χ1n) is 7.68. The van der Waals surface area contributed by atoms with Gasteiger partial charge in [-0.1, -0.05) is 18.2 Å². The molecule has 1 saturated heterocycles. The Hall–Kier alpha value is -1.92. The minimum atomic E-state index is -0.978. The van der Waals surface area contributed by atoms with E-state index >= 15 is 0 Å². The van der Waals surface area contributed by atoms with Gasteiger partial charge in [0.15, 0.2) is 11.6 Å². The van der Waals surface area contributed by atoms with Gasteiger partial charge in [-0.3, -0.25) is 4.79 Å². The van der Waals surface area contributed by atoms with Gasteiger partial charge >= 0.3 is 0 Å². The maximum Gasteiger partial charge on any atom is 0.244 e. The molecule has 2 aromatic rings. The molecule has 1 aliphatic rings. The molecule has 3 nitrogen and oxygen atoms in total. The summed E-state index contributed by atoms with van der Waals surface area (Å²) in [7, 11) is 1.69. The molecule has 1 aliphatic heterocycles. The van der Waals surface area contributed by atoms with E-state index in [0.29, 0.717) is 18.5 Å². The van der Waals surface area contributed by atoms with Gasteiger partial charge in [0.25, 0.3) is 0 Å². The second-order valence-corrected chi connectivity index (χ2v) is 6.43. The fourth-order valence-corrected chi connectivity index (χ4v) is 3.62. The lowest BCUT2D eigenvalue weighted by molar-refractivity contribution is -0.118. The Bertz CT molecular complexity index is 782. The van der Waals surface area contributed by atoms with E-state index in [-0.39, 0.29) is 23.2 Å². The Morgan fingerprint density at radius 2 is 1.88 bits per heavy atom. The minimum absolute atomic E-state index is 0.000586. The Morgan fingerprint density at radius 1 is 1.12 bits per heavy atom. The molecule has 1 amide bonds. The second kappa shape index (κ2) is 6.91. The molecule has 0 saturated carbocycles. The number of nitrogens with one attached hydrogen (secondary N) is 1. The van der Waals surface area contributed by atoms with Gasteiger partial charge in [-0.15, -0.1) is 11.8 Å². The van der Waals surface area contributed by atoms with Crippen LogP contribution >= 0.6 is 11.8 Å². The van der Waals surface area contributed by atoms with Gasteiger partial charge in [-0.2, -0.15) is 0 Å². The van der Waals surface area contributed by atoms with E-state index < -0.39 is 11.6 Å². The van der Waals surface area contributed by atoms with E-state index in [1.165, 1.54) is 22.7 Å². The fourth-order valence-electron chi connectivity index (χ4n) is 3.01. The Kier molecular flexibility index (Phi) is 4.87. The highest BCUT2D eigenvalue weighted by atomic mass is 32.2. The number of nitrogens with zero attached hydrogens (tertiary/aromatic N) is 1. The Labute approximate surface area is 144 Å². The molecule has 0 aliphatic carbocycles. The number of thioether (sulfide) groups is 1. The molecule has 0 bridgehead atoms. The molecule has 6 heteroatoms. The van der Waals surface area contributed by atoms with Crippen LogP contribution in [0.3, 0.4) is 0 Å². The molecule has 1 unspecified atom stereocenters. The van der Waals surface area contributed by atoms with Crippen LogP contribution in [0.4, 0.5) is 14.5 Å². The highest BCUT2D eigenvalue weighted by Crippen LogP contribution is 2.36. The Morgan fingerprint density at radius 3 is 2.54 bits per heavy atom. The summed E-state index contributed by atoms with van der Waals surface area (Å²) in [5, 5.41) is 2.89. The zero-order valence-corrected chi connectivity index (χ0v) is 14.3. The van der Waals surface area contributed by atoms with Crippen molar-refractivity contribution in [2.75, 3.05) is 24.7 Å². The summed E-state index contributed by atoms with van der Waals surface area (Å²) < 4.78 is 29.3. The quantitative estimate of drug-likeness (QED) is 0.856. The number of carbonyl (C=O) groups excluding carboxylic acids is 1. The number of likely N-dealkylation sites (N-methyl/N-ethyl adjacent to an activating group) is 1. The van der Waals surface area contributed by atoms with Crippen molar-refractivity contribution in [1.82, 2.24) is 5.32 Å². The summed E-state index contributed by atoms with van der Waals surface area (Å²) in [5.41, 5.74) is 0.854. The van der Waals surface area contributed by atoms with Crippen molar-refractivity contribution in [2.24, 2.45) is 0 Å². The van der Waals surface area contributed by atoms with Crippen molar-refractivity contribution in [3.63, 3.8) is 0 Å². The molecule has 3 rings (SSSR count). The van der Waals surface area contributed by atoms with Crippen molar-refractivity contribution < 1.29 is 13.6 Å². The molecule has 0 aromatic heterocycles. The number of halogens is 2. The van der Waals surface area contributed by atoms with E-state index in [4.69, 9.17) is 0 Å². The third kappa shape index (κ3) is 2.80. The molecular formula is C18H18F2N2OS. The van der Waals surface area contributed by atoms with Gasteiger partial charge < -0.3 is 10.2 Å². The standard InChI is InChI=1S/C18H18F2N2OS/c1-21-13-9-10-22(18(13)23)14-8-7-12(16(19)17(14)20)11-5-3-4-6-15(11)24-2/h3-8,13,21H,9-10H2,1-2H3. The first-order chi connectivity index (χ1) is 11.6. The molecule has 1 atom stereocenters. The monoisotopic (exact) mass is 348 g/mol. The van der Waals surface area contributed by atoms with E-state index in [1.807, 2.05) is 18.4 Å². The maximum atomic E-state index is 14.7. The Balaban J connectivity index is 2.03. The van der Waals surface area contributed by atoms with Gasteiger partial charge in [0.05, 0.1) is 11.7 Å². The van der Waals surface area contributed by atoms with Crippen LogP contribution in [0.1, 0.15) is 6.42 Å². The van der Waals surface area contributed by atoms with Crippen LogP contribution in [0.5, 0.6) is 0 Å². The topological polar surface area (TPSA) is 32.3 Å². The largest absolute Gasteiger partial charge is 0.309 e. The van der Waals surface area contributed by atoms with Gasteiger partial charge in [0, 0.05) is 17.0 Å². The number of amides is 1. The van der Waals surface area contributed by atoms with Gasteiger partial charge in [0.1, 0.15) is 0 Å². The lowest BCUT2D eigenvalue weighted by Crippen LogP contribution is -2.36. The first-order valence-corrected chi connectivity index (χ1v) is 8.91. The number of carbonyl (C=O) groups is 1. The third-order valence-corrected chi connectivity index (χ3v) is 5.10. The summed E-state index contributed by atoms with van der Waals surface area (Å²) in [6.07, 6.45) is 2.47. The maximum absolute atomic E-state index is 14.7. The molecule has 24 heavy (non-hydrogen) atoms. The van der Waals surface area contributed by atoms with Crippen LogP contribution in [0.25, 0.3) is 11.1 Å². The molecule has 1 heterocycles. The van der Waals surface area contributed by atoms with Crippen molar-refractivity contribution in [1.29, 1.82) is 0 Å². The predicted molar refractivity (Wildman–Crippen MR) is 93.4 cm³/mol. The zero-order chi connectivity index (χ0) is 17.3. The number of rotatable bonds is 4. The molecule has 2 aromatic carbocycles. The summed E-state index contributed by atoms with van der Waals surface area (Å²) >= 11 is 1.48.